The zero-order valence-corrected chi connectivity index (χ0v) is 17.1. The molecule has 0 atom stereocenters. The van der Waals surface area contributed by atoms with Crippen LogP contribution in [0.4, 0.5) is 5.69 Å². The number of nitrogens with zero attached hydrogens (tertiary/aromatic N) is 1. The molecule has 0 heterocycles. The second kappa shape index (κ2) is 13.0. The fourth-order valence-electron chi connectivity index (χ4n) is 2.07. The number of guanidine groups is 1. The minimum atomic E-state index is 0. The van der Waals surface area contributed by atoms with E-state index in [2.05, 4.69) is 48.6 Å². The molecule has 0 aliphatic carbocycles. The van der Waals surface area contributed by atoms with Gasteiger partial charge in [0.25, 0.3) is 0 Å². The van der Waals surface area contributed by atoms with Gasteiger partial charge in [0.2, 0.25) is 0 Å². The van der Waals surface area contributed by atoms with Crippen molar-refractivity contribution in [2.45, 2.75) is 45.4 Å². The van der Waals surface area contributed by atoms with Gasteiger partial charge in [0.1, 0.15) is 0 Å². The van der Waals surface area contributed by atoms with Gasteiger partial charge in [-0.05, 0) is 48.5 Å². The number of nitrogens with two attached hydrogens (primary N) is 1. The lowest BCUT2D eigenvalue weighted by Crippen LogP contribution is -2.22. The van der Waals surface area contributed by atoms with E-state index in [0.29, 0.717) is 11.9 Å². The normalized spacial score (nSPS) is 11.4. The Bertz CT molecular complexity index is 436. The summed E-state index contributed by atoms with van der Waals surface area (Å²) in [5, 5.41) is 3.17. The Balaban J connectivity index is 0.00000441. The Labute approximate surface area is 156 Å². The summed E-state index contributed by atoms with van der Waals surface area (Å²) in [5.41, 5.74) is 8.25. The molecule has 126 valence electrons. The van der Waals surface area contributed by atoms with Crippen molar-refractivity contribution in [3.05, 3.63) is 29.8 Å². The molecule has 0 fully saturated rings. The molecule has 3 nitrogen and oxygen atoms in total. The molecule has 0 aromatic heterocycles. The molecule has 0 bridgehead atoms. The summed E-state index contributed by atoms with van der Waals surface area (Å²) in [6.45, 7) is 5.18. The van der Waals surface area contributed by atoms with Gasteiger partial charge in [0.05, 0.1) is 0 Å². The summed E-state index contributed by atoms with van der Waals surface area (Å²) in [6.07, 6.45) is 7.11. The summed E-state index contributed by atoms with van der Waals surface area (Å²) < 4.78 is 0. The number of thioether (sulfide) groups is 1. The molecule has 5 heteroatoms. The van der Waals surface area contributed by atoms with E-state index < -0.39 is 0 Å². The minimum Gasteiger partial charge on any atom is -0.370 e. The smallest absolute Gasteiger partial charge is 0.193 e. The number of halogens is 1. The molecule has 0 amide bonds. The average molecular weight is 435 g/mol. The van der Waals surface area contributed by atoms with Crippen molar-refractivity contribution in [1.29, 1.82) is 0 Å². The minimum absolute atomic E-state index is 0. The Hall–Kier alpha value is -0.430. The maximum atomic E-state index is 5.93. The van der Waals surface area contributed by atoms with E-state index in [0.717, 1.165) is 18.7 Å². The molecule has 22 heavy (non-hydrogen) atoms. The highest BCUT2D eigenvalue weighted by molar-refractivity contribution is 14.0. The van der Waals surface area contributed by atoms with Gasteiger partial charge < -0.3 is 11.1 Å². The number of unbranched alkanes of at least 4 members (excludes halogenated alkanes) is 3. The first-order chi connectivity index (χ1) is 10.1. The molecule has 0 saturated carbocycles. The molecule has 0 radical (unpaired) electrons. The van der Waals surface area contributed by atoms with Gasteiger partial charge in [-0.3, -0.25) is 4.99 Å². The molecule has 1 aromatic rings. The fraction of sp³-hybridized carbons (Fsp3) is 0.588. The second-order valence-electron chi connectivity index (χ2n) is 5.58. The molecular formula is C17H30IN3S. The van der Waals surface area contributed by atoms with E-state index >= 15 is 0 Å². The average Bonchev–Trinajstić information content (AvgIpc) is 2.46. The summed E-state index contributed by atoms with van der Waals surface area (Å²) in [7, 11) is 0. The molecule has 0 aliphatic rings. The van der Waals surface area contributed by atoms with Crippen molar-refractivity contribution < 1.29 is 0 Å². The molecule has 3 N–H and O–H groups in total. The molecule has 0 unspecified atom stereocenters. The van der Waals surface area contributed by atoms with E-state index in [1.54, 1.807) is 0 Å². The third kappa shape index (κ3) is 9.56. The van der Waals surface area contributed by atoms with Crippen LogP contribution >= 0.6 is 35.7 Å². The third-order valence-electron chi connectivity index (χ3n) is 3.36. The first-order valence-electron chi connectivity index (χ1n) is 7.79. The standard InChI is InChI=1S/C17H29N3S.HI/c1-14(2)15-9-8-10-16(13-15)20-17(18)19-11-6-4-5-7-12-21-3;/h8-10,13-14H,4-7,11-12H2,1-3H3,(H3,18,19,20);1H. The van der Waals surface area contributed by atoms with Crippen LogP contribution in [0.5, 0.6) is 0 Å². The van der Waals surface area contributed by atoms with E-state index in [1.165, 1.54) is 30.6 Å². The Kier molecular flexibility index (Phi) is 12.8. The molecule has 0 aliphatic heterocycles. The molecule has 1 rings (SSSR count). The number of nitrogens with one attached hydrogen (secondary N) is 1. The van der Waals surface area contributed by atoms with Crippen molar-refractivity contribution in [2.24, 2.45) is 10.7 Å². The monoisotopic (exact) mass is 435 g/mol. The van der Waals surface area contributed by atoms with Crippen LogP contribution in [0.2, 0.25) is 0 Å². The summed E-state index contributed by atoms with van der Waals surface area (Å²) in [6, 6.07) is 8.35. The van der Waals surface area contributed by atoms with Crippen LogP contribution in [0.15, 0.2) is 29.3 Å². The van der Waals surface area contributed by atoms with Crippen LogP contribution in [0.3, 0.4) is 0 Å². The molecule has 1 aromatic carbocycles. The third-order valence-corrected chi connectivity index (χ3v) is 4.06. The van der Waals surface area contributed by atoms with Crippen LogP contribution in [-0.4, -0.2) is 24.5 Å². The highest BCUT2D eigenvalue weighted by atomic mass is 127. The Morgan fingerprint density at radius 3 is 2.64 bits per heavy atom. The van der Waals surface area contributed by atoms with Crippen LogP contribution in [0, 0.1) is 0 Å². The van der Waals surface area contributed by atoms with Gasteiger partial charge >= 0.3 is 0 Å². The lowest BCUT2D eigenvalue weighted by molar-refractivity contribution is 0.678. The zero-order valence-electron chi connectivity index (χ0n) is 14.0. The first-order valence-corrected chi connectivity index (χ1v) is 9.18. The van der Waals surface area contributed by atoms with E-state index in [1.807, 2.05) is 17.8 Å². The molecular weight excluding hydrogens is 405 g/mol. The van der Waals surface area contributed by atoms with Crippen LogP contribution < -0.4 is 11.1 Å². The number of rotatable bonds is 9. The fourth-order valence-corrected chi connectivity index (χ4v) is 2.57. The zero-order chi connectivity index (χ0) is 15.5. The van der Waals surface area contributed by atoms with E-state index in [4.69, 9.17) is 5.73 Å². The van der Waals surface area contributed by atoms with Gasteiger partial charge in [0.15, 0.2) is 5.96 Å². The van der Waals surface area contributed by atoms with Gasteiger partial charge in [-0.25, -0.2) is 0 Å². The summed E-state index contributed by atoms with van der Waals surface area (Å²) in [4.78, 5) is 4.39. The quantitative estimate of drug-likeness (QED) is 0.246. The maximum absolute atomic E-state index is 5.93. The van der Waals surface area contributed by atoms with Crippen LogP contribution in [0.1, 0.15) is 51.0 Å². The lowest BCUT2D eigenvalue weighted by Gasteiger charge is -2.10. The topological polar surface area (TPSA) is 50.4 Å². The van der Waals surface area contributed by atoms with Gasteiger partial charge in [-0.1, -0.05) is 38.8 Å². The van der Waals surface area contributed by atoms with E-state index in [9.17, 15) is 0 Å². The maximum Gasteiger partial charge on any atom is 0.193 e. The predicted octanol–water partition coefficient (Wildman–Crippen LogP) is 5.08. The number of hydrogen-bond donors (Lipinski definition) is 2. The number of anilines is 1. The summed E-state index contributed by atoms with van der Waals surface area (Å²) >= 11 is 1.92. The largest absolute Gasteiger partial charge is 0.370 e. The number of hydrogen-bond acceptors (Lipinski definition) is 2. The highest BCUT2D eigenvalue weighted by Gasteiger charge is 2.01. The SMILES string of the molecule is CSCCCCCCN=C(N)Nc1cccc(C(C)C)c1.I. The van der Waals surface area contributed by atoms with Crippen molar-refractivity contribution in [3.63, 3.8) is 0 Å². The Morgan fingerprint density at radius 1 is 1.23 bits per heavy atom. The van der Waals surface area contributed by atoms with Crippen molar-refractivity contribution in [2.75, 3.05) is 23.9 Å². The molecule has 0 saturated heterocycles. The van der Waals surface area contributed by atoms with Gasteiger partial charge in [-0.2, -0.15) is 11.8 Å². The molecule has 0 spiro atoms. The van der Waals surface area contributed by atoms with Crippen LogP contribution in [0.25, 0.3) is 0 Å². The Morgan fingerprint density at radius 2 is 1.95 bits per heavy atom. The lowest BCUT2D eigenvalue weighted by atomic mass is 10.0. The van der Waals surface area contributed by atoms with Crippen LogP contribution in [-0.2, 0) is 0 Å². The van der Waals surface area contributed by atoms with E-state index in [-0.39, 0.29) is 24.0 Å². The number of aliphatic imine (C=N–C) groups is 1. The van der Waals surface area contributed by atoms with Gasteiger partial charge in [0, 0.05) is 12.2 Å². The van der Waals surface area contributed by atoms with Crippen molar-refractivity contribution in [3.8, 4) is 0 Å². The highest BCUT2D eigenvalue weighted by Crippen LogP contribution is 2.18. The summed E-state index contributed by atoms with van der Waals surface area (Å²) in [5.74, 6) is 2.30. The number of benzene rings is 1. The van der Waals surface area contributed by atoms with Gasteiger partial charge in [-0.15, -0.1) is 24.0 Å². The predicted molar refractivity (Wildman–Crippen MR) is 113 cm³/mol. The van der Waals surface area contributed by atoms with Crippen molar-refractivity contribution in [1.82, 2.24) is 0 Å². The van der Waals surface area contributed by atoms with Crippen molar-refractivity contribution >= 4 is 47.4 Å². The second-order valence-corrected chi connectivity index (χ2v) is 6.56. The first kappa shape index (κ1) is 21.6.